The van der Waals surface area contributed by atoms with Gasteiger partial charge in [-0.1, -0.05) is 20.3 Å². The number of rotatable bonds is 6. The molecule has 0 aromatic carbocycles. The van der Waals surface area contributed by atoms with E-state index in [1.54, 1.807) is 0 Å². The molecule has 2 unspecified atom stereocenters. The van der Waals surface area contributed by atoms with Crippen LogP contribution in [-0.4, -0.2) is 18.0 Å². The molecule has 0 saturated carbocycles. The van der Waals surface area contributed by atoms with E-state index in [0.29, 0.717) is 12.8 Å². The van der Waals surface area contributed by atoms with Crippen LogP contribution in [0, 0.1) is 11.3 Å². The third-order valence-corrected chi connectivity index (χ3v) is 2.11. The average molecular weight is 197 g/mol. The SMILES string of the molecule is CCCC(N)C(=O)NC(CC)CC#N. The second kappa shape index (κ2) is 7.34. The van der Waals surface area contributed by atoms with Crippen LogP contribution in [0.3, 0.4) is 0 Å². The van der Waals surface area contributed by atoms with Crippen molar-refractivity contribution in [3.05, 3.63) is 0 Å². The van der Waals surface area contributed by atoms with E-state index in [1.807, 2.05) is 19.9 Å². The Bertz CT molecular complexity index is 210. The normalized spacial score (nSPS) is 14.1. The second-order valence-corrected chi connectivity index (χ2v) is 3.37. The van der Waals surface area contributed by atoms with Gasteiger partial charge in [0.15, 0.2) is 0 Å². The van der Waals surface area contributed by atoms with Crippen LogP contribution in [0.5, 0.6) is 0 Å². The molecule has 0 aliphatic rings. The average Bonchev–Trinajstić information content (AvgIpc) is 2.17. The maximum Gasteiger partial charge on any atom is 0.237 e. The Balaban J connectivity index is 3.96. The Morgan fingerprint density at radius 2 is 2.21 bits per heavy atom. The third kappa shape index (κ3) is 4.83. The zero-order valence-electron chi connectivity index (χ0n) is 8.92. The largest absolute Gasteiger partial charge is 0.351 e. The number of hydrogen-bond donors (Lipinski definition) is 2. The maximum absolute atomic E-state index is 11.4. The fourth-order valence-electron chi connectivity index (χ4n) is 1.16. The minimum Gasteiger partial charge on any atom is -0.351 e. The summed E-state index contributed by atoms with van der Waals surface area (Å²) in [5.41, 5.74) is 5.63. The lowest BCUT2D eigenvalue weighted by Gasteiger charge is -2.16. The van der Waals surface area contributed by atoms with Gasteiger partial charge in [-0.2, -0.15) is 5.26 Å². The van der Waals surface area contributed by atoms with Crippen molar-refractivity contribution in [2.24, 2.45) is 5.73 Å². The Morgan fingerprint density at radius 3 is 2.64 bits per heavy atom. The highest BCUT2D eigenvalue weighted by Gasteiger charge is 2.15. The highest BCUT2D eigenvalue weighted by atomic mass is 16.2. The number of amides is 1. The van der Waals surface area contributed by atoms with Crippen LogP contribution in [0.15, 0.2) is 0 Å². The molecule has 0 aromatic heterocycles. The van der Waals surface area contributed by atoms with Crippen molar-refractivity contribution >= 4 is 5.91 Å². The second-order valence-electron chi connectivity index (χ2n) is 3.37. The van der Waals surface area contributed by atoms with Crippen molar-refractivity contribution in [1.82, 2.24) is 5.32 Å². The molecule has 0 fully saturated rings. The molecule has 0 saturated heterocycles. The van der Waals surface area contributed by atoms with Crippen molar-refractivity contribution in [1.29, 1.82) is 5.26 Å². The Kier molecular flexibility index (Phi) is 6.77. The summed E-state index contributed by atoms with van der Waals surface area (Å²) < 4.78 is 0. The molecule has 3 N–H and O–H groups in total. The highest BCUT2D eigenvalue weighted by molar-refractivity contribution is 5.81. The van der Waals surface area contributed by atoms with E-state index < -0.39 is 6.04 Å². The summed E-state index contributed by atoms with van der Waals surface area (Å²) in [4.78, 5) is 11.4. The number of nitriles is 1. The standard InChI is InChI=1S/C10H19N3O/c1-3-5-9(12)10(14)13-8(4-2)6-7-11/h8-9H,3-6,12H2,1-2H3,(H,13,14). The van der Waals surface area contributed by atoms with Crippen LogP contribution in [0.1, 0.15) is 39.5 Å². The van der Waals surface area contributed by atoms with E-state index >= 15 is 0 Å². The molecule has 0 bridgehead atoms. The van der Waals surface area contributed by atoms with Gasteiger partial charge in [0.25, 0.3) is 0 Å². The van der Waals surface area contributed by atoms with Crippen LogP contribution in [0.4, 0.5) is 0 Å². The first kappa shape index (κ1) is 12.9. The summed E-state index contributed by atoms with van der Waals surface area (Å²) in [6.45, 7) is 3.92. The molecule has 0 radical (unpaired) electrons. The number of carbonyl (C=O) groups excluding carboxylic acids is 1. The number of nitrogens with one attached hydrogen (secondary N) is 1. The fraction of sp³-hybridized carbons (Fsp3) is 0.800. The molecule has 4 nitrogen and oxygen atoms in total. The molecule has 0 aliphatic carbocycles. The van der Waals surface area contributed by atoms with Crippen molar-refractivity contribution in [3.63, 3.8) is 0 Å². The summed E-state index contributed by atoms with van der Waals surface area (Å²) in [5, 5.41) is 11.3. The van der Waals surface area contributed by atoms with Crippen molar-refractivity contribution in [3.8, 4) is 6.07 Å². The zero-order valence-corrected chi connectivity index (χ0v) is 8.92. The van der Waals surface area contributed by atoms with E-state index in [1.165, 1.54) is 0 Å². The highest BCUT2D eigenvalue weighted by Crippen LogP contribution is 1.99. The Hall–Kier alpha value is -1.08. The number of nitrogens with two attached hydrogens (primary N) is 1. The van der Waals surface area contributed by atoms with Gasteiger partial charge in [0.2, 0.25) is 5.91 Å². The molecular weight excluding hydrogens is 178 g/mol. The summed E-state index contributed by atoms with van der Waals surface area (Å²) in [6, 6.07) is 1.54. The van der Waals surface area contributed by atoms with Crippen molar-refractivity contribution in [2.75, 3.05) is 0 Å². The maximum atomic E-state index is 11.4. The van der Waals surface area contributed by atoms with Gasteiger partial charge in [-0.25, -0.2) is 0 Å². The summed E-state index contributed by atoms with van der Waals surface area (Å²) in [5.74, 6) is -0.144. The molecule has 80 valence electrons. The fourth-order valence-corrected chi connectivity index (χ4v) is 1.16. The van der Waals surface area contributed by atoms with E-state index in [4.69, 9.17) is 11.0 Å². The zero-order chi connectivity index (χ0) is 11.0. The van der Waals surface area contributed by atoms with Crippen LogP contribution < -0.4 is 11.1 Å². The lowest BCUT2D eigenvalue weighted by Crippen LogP contribution is -2.45. The van der Waals surface area contributed by atoms with Crippen LogP contribution in [0.25, 0.3) is 0 Å². The molecule has 0 aromatic rings. The summed E-state index contributed by atoms with van der Waals surface area (Å²) in [7, 11) is 0. The Labute approximate surface area is 85.5 Å². The minimum absolute atomic E-state index is 0.0598. The first-order valence-corrected chi connectivity index (χ1v) is 5.08. The van der Waals surface area contributed by atoms with Crippen LogP contribution >= 0.6 is 0 Å². The van der Waals surface area contributed by atoms with E-state index in [2.05, 4.69) is 5.32 Å². The van der Waals surface area contributed by atoms with Crippen LogP contribution in [-0.2, 0) is 4.79 Å². The molecule has 14 heavy (non-hydrogen) atoms. The van der Waals surface area contributed by atoms with Gasteiger partial charge in [-0.15, -0.1) is 0 Å². The topological polar surface area (TPSA) is 78.9 Å². The third-order valence-electron chi connectivity index (χ3n) is 2.11. The van der Waals surface area contributed by atoms with E-state index in [0.717, 1.165) is 12.8 Å². The van der Waals surface area contributed by atoms with Gasteiger partial charge in [-0.05, 0) is 12.8 Å². The lowest BCUT2D eigenvalue weighted by atomic mass is 10.1. The predicted molar refractivity (Wildman–Crippen MR) is 55.3 cm³/mol. The molecule has 0 aliphatic heterocycles. The number of carbonyl (C=O) groups is 1. The van der Waals surface area contributed by atoms with E-state index in [9.17, 15) is 4.79 Å². The predicted octanol–water partition coefficient (Wildman–Crippen LogP) is 0.922. The number of hydrogen-bond acceptors (Lipinski definition) is 3. The first-order chi connectivity index (χ1) is 6.65. The molecule has 0 heterocycles. The molecule has 1 amide bonds. The quantitative estimate of drug-likeness (QED) is 0.664. The van der Waals surface area contributed by atoms with Gasteiger partial charge in [0, 0.05) is 6.04 Å². The smallest absolute Gasteiger partial charge is 0.237 e. The van der Waals surface area contributed by atoms with Crippen LogP contribution in [0.2, 0.25) is 0 Å². The van der Waals surface area contributed by atoms with E-state index in [-0.39, 0.29) is 11.9 Å². The minimum atomic E-state index is -0.437. The summed E-state index contributed by atoms with van der Waals surface area (Å²) in [6.07, 6.45) is 2.69. The molecule has 0 rings (SSSR count). The Morgan fingerprint density at radius 1 is 1.57 bits per heavy atom. The van der Waals surface area contributed by atoms with Gasteiger partial charge in [0.05, 0.1) is 18.5 Å². The molecule has 4 heteroatoms. The first-order valence-electron chi connectivity index (χ1n) is 5.08. The van der Waals surface area contributed by atoms with Gasteiger partial charge < -0.3 is 11.1 Å². The van der Waals surface area contributed by atoms with Crippen molar-refractivity contribution in [2.45, 2.75) is 51.6 Å². The summed E-state index contributed by atoms with van der Waals surface area (Å²) >= 11 is 0. The lowest BCUT2D eigenvalue weighted by molar-refractivity contribution is -0.123. The number of nitrogens with zero attached hydrogens (tertiary/aromatic N) is 1. The molecular formula is C10H19N3O. The molecule has 0 spiro atoms. The van der Waals surface area contributed by atoms with Gasteiger partial charge >= 0.3 is 0 Å². The molecule has 2 atom stereocenters. The monoisotopic (exact) mass is 197 g/mol. The van der Waals surface area contributed by atoms with Gasteiger partial charge in [0.1, 0.15) is 0 Å². The van der Waals surface area contributed by atoms with Gasteiger partial charge in [-0.3, -0.25) is 4.79 Å². The van der Waals surface area contributed by atoms with Crippen molar-refractivity contribution < 1.29 is 4.79 Å².